The molecule has 16 rings (SSSR count). The summed E-state index contributed by atoms with van der Waals surface area (Å²) in [5.74, 6) is 3.54. The summed E-state index contributed by atoms with van der Waals surface area (Å²) in [6.07, 6.45) is 0. The maximum atomic E-state index is 6.73. The van der Waals surface area contributed by atoms with E-state index in [1.807, 2.05) is 0 Å². The molecule has 0 saturated carbocycles. The molecule has 2 heterocycles. The van der Waals surface area contributed by atoms with E-state index in [-0.39, 0.29) is 0 Å². The summed E-state index contributed by atoms with van der Waals surface area (Å²) in [4.78, 5) is 2.50. The van der Waals surface area contributed by atoms with Gasteiger partial charge in [-0.15, -0.1) is 0 Å². The molecule has 4 aliphatic rings. The van der Waals surface area contributed by atoms with Gasteiger partial charge in [0.05, 0.1) is 22.2 Å². The van der Waals surface area contributed by atoms with Gasteiger partial charge in [-0.3, -0.25) is 0 Å². The molecule has 0 bridgehead atoms. The summed E-state index contributed by atoms with van der Waals surface area (Å²) in [5, 5.41) is 0. The fourth-order valence-corrected chi connectivity index (χ4v) is 13.9. The summed E-state index contributed by atoms with van der Waals surface area (Å²) < 4.78 is 13.4. The van der Waals surface area contributed by atoms with Crippen LogP contribution in [0.3, 0.4) is 0 Å². The van der Waals surface area contributed by atoms with E-state index >= 15 is 0 Å². The highest BCUT2D eigenvalue weighted by Gasteiger charge is 2.53. The zero-order valence-electron chi connectivity index (χ0n) is 41.9. The minimum Gasteiger partial charge on any atom is -0.457 e. The van der Waals surface area contributed by atoms with Gasteiger partial charge in [-0.2, -0.15) is 0 Å². The summed E-state index contributed by atoms with van der Waals surface area (Å²) in [6.45, 7) is 0. The number of ether oxygens (including phenoxy) is 2. The second kappa shape index (κ2) is 16.8. The number of fused-ring (bicyclic) bond motifs is 18. The van der Waals surface area contributed by atoms with Crippen molar-refractivity contribution in [2.24, 2.45) is 0 Å². The lowest BCUT2D eigenvalue weighted by molar-refractivity contribution is 0.436. The van der Waals surface area contributed by atoms with Crippen LogP contribution in [-0.4, -0.2) is 0 Å². The van der Waals surface area contributed by atoms with Crippen LogP contribution in [0.15, 0.2) is 285 Å². The van der Waals surface area contributed by atoms with Crippen LogP contribution in [0.25, 0.3) is 55.6 Å². The van der Waals surface area contributed by atoms with Crippen molar-refractivity contribution in [2.45, 2.75) is 10.8 Å². The van der Waals surface area contributed by atoms with Gasteiger partial charge in [-0.05, 0) is 115 Å². The van der Waals surface area contributed by atoms with Crippen molar-refractivity contribution in [1.82, 2.24) is 0 Å². The van der Waals surface area contributed by atoms with Crippen LogP contribution in [0.4, 0.5) is 17.1 Å². The van der Waals surface area contributed by atoms with Crippen molar-refractivity contribution in [3.63, 3.8) is 0 Å². The highest BCUT2D eigenvalue weighted by Crippen LogP contribution is 2.66. The largest absolute Gasteiger partial charge is 0.457 e. The first-order chi connectivity index (χ1) is 38.2. The Kier molecular flexibility index (Phi) is 9.47. The van der Waals surface area contributed by atoms with E-state index in [9.17, 15) is 0 Å². The van der Waals surface area contributed by atoms with Crippen molar-refractivity contribution < 1.29 is 9.47 Å². The average molecular weight is 982 g/mol. The molecule has 0 saturated heterocycles. The van der Waals surface area contributed by atoms with Gasteiger partial charge in [0, 0.05) is 39.1 Å². The predicted octanol–water partition coefficient (Wildman–Crippen LogP) is 19.1. The van der Waals surface area contributed by atoms with E-state index in [2.05, 4.69) is 290 Å². The van der Waals surface area contributed by atoms with Gasteiger partial charge in [-0.25, -0.2) is 0 Å². The number of anilines is 3. The quantitative estimate of drug-likeness (QED) is 0.166. The first kappa shape index (κ1) is 43.4. The minimum atomic E-state index is -0.599. The zero-order chi connectivity index (χ0) is 50.7. The third-order valence-corrected chi connectivity index (χ3v) is 16.8. The van der Waals surface area contributed by atoms with Gasteiger partial charge in [0.15, 0.2) is 0 Å². The lowest BCUT2D eigenvalue weighted by atomic mass is 9.66. The number of nitrogens with zero attached hydrogens (tertiary/aromatic N) is 1. The molecule has 360 valence electrons. The Hall–Kier alpha value is -9.96. The molecule has 2 spiro atoms. The van der Waals surface area contributed by atoms with E-state index in [1.165, 1.54) is 55.6 Å². The van der Waals surface area contributed by atoms with Crippen molar-refractivity contribution >= 4 is 17.1 Å². The fourth-order valence-electron chi connectivity index (χ4n) is 13.9. The van der Waals surface area contributed by atoms with Crippen molar-refractivity contribution in [3.8, 4) is 78.6 Å². The molecule has 3 nitrogen and oxygen atoms in total. The molecule has 0 aromatic heterocycles. The average Bonchev–Trinajstić information content (AvgIpc) is 3.93. The monoisotopic (exact) mass is 981 g/mol. The zero-order valence-corrected chi connectivity index (χ0v) is 41.9. The molecule has 3 heteroatoms. The topological polar surface area (TPSA) is 21.7 Å². The van der Waals surface area contributed by atoms with E-state index < -0.39 is 10.8 Å². The maximum absolute atomic E-state index is 6.73. The van der Waals surface area contributed by atoms with E-state index in [4.69, 9.17) is 9.47 Å². The van der Waals surface area contributed by atoms with Crippen LogP contribution in [0.1, 0.15) is 44.5 Å². The van der Waals surface area contributed by atoms with Crippen LogP contribution in [-0.2, 0) is 10.8 Å². The summed E-state index contributed by atoms with van der Waals surface area (Å²) in [6, 6.07) is 104. The van der Waals surface area contributed by atoms with E-state index in [0.29, 0.717) is 0 Å². The number of rotatable bonds is 6. The second-order valence-electron chi connectivity index (χ2n) is 20.5. The Bertz CT molecular complexity index is 4290. The molecule has 0 atom stereocenters. The van der Waals surface area contributed by atoms with Crippen molar-refractivity contribution in [2.75, 3.05) is 4.90 Å². The number of para-hydroxylation sites is 6. The first-order valence-corrected chi connectivity index (χ1v) is 26.6. The maximum Gasteiger partial charge on any atom is 0.132 e. The molecule has 0 amide bonds. The van der Waals surface area contributed by atoms with Gasteiger partial charge < -0.3 is 14.4 Å². The first-order valence-electron chi connectivity index (χ1n) is 26.6. The second-order valence-corrected chi connectivity index (χ2v) is 20.5. The Morgan fingerprint density at radius 1 is 0.234 bits per heavy atom. The molecule has 0 fully saturated rings. The molecular formula is C74H47NO2. The molecule has 2 aliphatic carbocycles. The Labute approximate surface area is 448 Å². The normalized spacial score (nSPS) is 13.9. The molecule has 0 unspecified atom stereocenters. The van der Waals surface area contributed by atoms with Crippen LogP contribution < -0.4 is 14.4 Å². The highest BCUT2D eigenvalue weighted by molar-refractivity contribution is 6.03. The van der Waals surface area contributed by atoms with Gasteiger partial charge in [0.2, 0.25) is 0 Å². The highest BCUT2D eigenvalue weighted by atomic mass is 16.5. The Morgan fingerprint density at radius 3 is 1.12 bits per heavy atom. The van der Waals surface area contributed by atoms with E-state index in [0.717, 1.165) is 84.6 Å². The van der Waals surface area contributed by atoms with Gasteiger partial charge in [0.25, 0.3) is 0 Å². The summed E-state index contributed by atoms with van der Waals surface area (Å²) in [7, 11) is 0. The van der Waals surface area contributed by atoms with Crippen LogP contribution >= 0.6 is 0 Å². The van der Waals surface area contributed by atoms with Crippen molar-refractivity contribution in [3.05, 3.63) is 330 Å². The van der Waals surface area contributed by atoms with Gasteiger partial charge in [0.1, 0.15) is 23.0 Å². The van der Waals surface area contributed by atoms with Crippen LogP contribution in [0.2, 0.25) is 0 Å². The number of hydrogen-bond acceptors (Lipinski definition) is 3. The van der Waals surface area contributed by atoms with Gasteiger partial charge in [-0.1, -0.05) is 237 Å². The molecular weight excluding hydrogens is 935 g/mol. The summed E-state index contributed by atoms with van der Waals surface area (Å²) >= 11 is 0. The summed E-state index contributed by atoms with van der Waals surface area (Å²) in [5.41, 5.74) is 23.5. The smallest absolute Gasteiger partial charge is 0.132 e. The number of hydrogen-bond donors (Lipinski definition) is 0. The lowest BCUT2D eigenvalue weighted by Crippen LogP contribution is -2.32. The number of benzene rings is 12. The SMILES string of the molecule is c1ccc(-c2ccccc2N(c2cccc(-c3cccc4c3-c3ccccc3C43c4ccccc4Oc4ccccc43)c2)c2ccccc2-c2cccc3c2-c2ccccc2C32c3ccccc3Oc3ccccc32)cc1. The molecule has 2 aliphatic heterocycles. The van der Waals surface area contributed by atoms with Crippen LogP contribution in [0, 0.1) is 0 Å². The Balaban J connectivity index is 0.935. The molecule has 12 aromatic carbocycles. The standard InChI is InChI=1S/C74H47NO2/c1-2-23-48(24-3-1)51-27-6-14-41-65(51)75(50-26-20-25-49(47-50)52-31-21-39-63-71(52)55-29-4-8-33-57(55)73(63)59-35-10-16-43-67(59)76-68-44-17-11-36-60(68)73)66-42-15-7-28-53(66)54-32-22-40-64-72(54)56-30-5-9-34-58(56)74(64)61-37-12-18-45-69(61)77-70-46-19-13-38-62(70)74/h1-47H. The van der Waals surface area contributed by atoms with Crippen molar-refractivity contribution in [1.29, 1.82) is 0 Å². The fraction of sp³-hybridized carbons (Fsp3) is 0.0270. The molecule has 12 aromatic rings. The predicted molar refractivity (Wildman–Crippen MR) is 312 cm³/mol. The third-order valence-electron chi connectivity index (χ3n) is 16.8. The molecule has 0 radical (unpaired) electrons. The Morgan fingerprint density at radius 2 is 0.584 bits per heavy atom. The lowest BCUT2D eigenvalue weighted by Gasteiger charge is -2.39. The van der Waals surface area contributed by atoms with Crippen LogP contribution in [0.5, 0.6) is 23.0 Å². The van der Waals surface area contributed by atoms with Gasteiger partial charge >= 0.3 is 0 Å². The molecule has 0 N–H and O–H groups in total. The third kappa shape index (κ3) is 6.02. The molecule has 77 heavy (non-hydrogen) atoms. The van der Waals surface area contributed by atoms with E-state index in [1.54, 1.807) is 0 Å². The minimum absolute atomic E-state index is 0.577.